The maximum atomic E-state index is 14.5. The Morgan fingerprint density at radius 2 is 1.87 bits per heavy atom. The fourth-order valence-corrected chi connectivity index (χ4v) is 3.71. The third kappa shape index (κ3) is 3.64. The van der Waals surface area contributed by atoms with Gasteiger partial charge in [0.15, 0.2) is 5.82 Å². The van der Waals surface area contributed by atoms with Crippen molar-refractivity contribution in [2.75, 3.05) is 23.3 Å². The first-order chi connectivity index (χ1) is 14.2. The summed E-state index contributed by atoms with van der Waals surface area (Å²) in [6.07, 6.45) is -1.24. The van der Waals surface area contributed by atoms with Crippen LogP contribution in [0.4, 0.5) is 29.1 Å². The highest BCUT2D eigenvalue weighted by atomic mass is 19.3. The molecule has 1 aliphatic rings. The first-order valence-electron chi connectivity index (χ1n) is 9.56. The van der Waals surface area contributed by atoms with Gasteiger partial charge in [-0.05, 0) is 26.8 Å². The highest BCUT2D eigenvalue weighted by Gasteiger charge is 2.39. The Hall–Kier alpha value is -2.97. The van der Waals surface area contributed by atoms with E-state index in [0.29, 0.717) is 22.4 Å². The Labute approximate surface area is 171 Å². The summed E-state index contributed by atoms with van der Waals surface area (Å²) in [6.45, 7) is 5.50. The molecule has 1 N–H and O–H groups in total. The smallest absolute Gasteiger partial charge is 0.266 e. The lowest BCUT2D eigenvalue weighted by atomic mass is 9.98. The fraction of sp³-hybridized carbons (Fsp3) is 0.381. The van der Waals surface area contributed by atoms with Crippen LogP contribution in [0.2, 0.25) is 0 Å². The highest BCUT2D eigenvalue weighted by Crippen LogP contribution is 2.34. The summed E-state index contributed by atoms with van der Waals surface area (Å²) in [5.41, 5.74) is 0.185. The van der Waals surface area contributed by atoms with Crippen molar-refractivity contribution in [1.82, 2.24) is 15.2 Å². The van der Waals surface area contributed by atoms with E-state index in [1.165, 1.54) is 12.1 Å². The van der Waals surface area contributed by atoms with Crippen LogP contribution in [0.15, 0.2) is 30.5 Å². The first kappa shape index (κ1) is 20.3. The number of hydrogen-bond donors (Lipinski definition) is 1. The van der Waals surface area contributed by atoms with Gasteiger partial charge in [-0.1, -0.05) is 18.2 Å². The molecule has 0 spiro atoms. The number of benzene rings is 1. The fourth-order valence-electron chi connectivity index (χ4n) is 3.71. The largest absolute Gasteiger partial charge is 0.364 e. The first-order valence-corrected chi connectivity index (χ1v) is 9.56. The van der Waals surface area contributed by atoms with Gasteiger partial charge in [0, 0.05) is 10.9 Å². The lowest BCUT2D eigenvalue weighted by Gasteiger charge is -2.43. The monoisotopic (exact) mass is 419 g/mol. The number of alkyl halides is 3. The zero-order valence-electron chi connectivity index (χ0n) is 16.8. The van der Waals surface area contributed by atoms with Crippen molar-refractivity contribution in [1.29, 1.82) is 0 Å². The number of aromatic nitrogens is 3. The van der Waals surface area contributed by atoms with Gasteiger partial charge in [0.25, 0.3) is 6.43 Å². The molecule has 1 aliphatic heterocycles. The average molecular weight is 419 g/mol. The zero-order chi connectivity index (χ0) is 21.6. The SMILES string of the molecule is Cc1nnc(N[C@H](C)c2cccc(C(F)F)c2F)c2cc(N3CC(C)(F)C3)cnc12. The van der Waals surface area contributed by atoms with Crippen LogP contribution in [0, 0.1) is 12.7 Å². The molecule has 1 fully saturated rings. The lowest BCUT2D eigenvalue weighted by molar-refractivity contribution is 0.144. The Kier molecular flexibility index (Phi) is 4.99. The second kappa shape index (κ2) is 7.37. The minimum atomic E-state index is -2.90. The van der Waals surface area contributed by atoms with Crippen LogP contribution >= 0.6 is 0 Å². The van der Waals surface area contributed by atoms with Crippen LogP contribution in [-0.2, 0) is 0 Å². The van der Waals surface area contributed by atoms with E-state index in [0.717, 1.165) is 11.8 Å². The van der Waals surface area contributed by atoms with Crippen LogP contribution in [-0.4, -0.2) is 33.9 Å². The Morgan fingerprint density at radius 3 is 2.53 bits per heavy atom. The molecule has 1 saturated heterocycles. The molecule has 30 heavy (non-hydrogen) atoms. The number of pyridine rings is 1. The molecule has 0 bridgehead atoms. The normalized spacial score (nSPS) is 16.6. The quantitative estimate of drug-likeness (QED) is 0.581. The molecule has 0 radical (unpaired) electrons. The van der Waals surface area contributed by atoms with E-state index in [4.69, 9.17) is 0 Å². The topological polar surface area (TPSA) is 53.9 Å². The van der Waals surface area contributed by atoms with Gasteiger partial charge in [-0.15, -0.1) is 5.10 Å². The van der Waals surface area contributed by atoms with E-state index >= 15 is 0 Å². The van der Waals surface area contributed by atoms with Gasteiger partial charge in [-0.3, -0.25) is 4.98 Å². The van der Waals surface area contributed by atoms with Gasteiger partial charge in [0.05, 0.1) is 47.8 Å². The molecule has 5 nitrogen and oxygen atoms in total. The Balaban J connectivity index is 1.69. The standard InChI is InChI=1S/C21H21F4N5/c1-11(14-5-4-6-15(17(14)22)19(23)24)27-20-16-7-13(30-9-21(3,25)10-30)8-26-18(16)12(2)28-29-20/h4-8,11,19H,9-10H2,1-3H3,(H,27,29)/t11-/m1/s1. The average Bonchev–Trinajstić information content (AvgIpc) is 2.67. The third-order valence-corrected chi connectivity index (χ3v) is 5.29. The van der Waals surface area contributed by atoms with E-state index in [1.54, 1.807) is 27.0 Å². The van der Waals surface area contributed by atoms with Crippen LogP contribution in [0.1, 0.15) is 43.1 Å². The van der Waals surface area contributed by atoms with Gasteiger partial charge in [0.2, 0.25) is 0 Å². The van der Waals surface area contributed by atoms with Crippen LogP contribution in [0.3, 0.4) is 0 Å². The van der Waals surface area contributed by atoms with Crippen LogP contribution in [0.5, 0.6) is 0 Å². The summed E-state index contributed by atoms with van der Waals surface area (Å²) in [5, 5.41) is 12.0. The molecule has 158 valence electrons. The second-order valence-corrected chi connectivity index (χ2v) is 7.91. The predicted molar refractivity (Wildman–Crippen MR) is 107 cm³/mol. The molecule has 3 aromatic rings. The predicted octanol–water partition coefficient (Wildman–Crippen LogP) is 5.13. The number of hydrogen-bond acceptors (Lipinski definition) is 5. The molecule has 9 heteroatoms. The second-order valence-electron chi connectivity index (χ2n) is 7.91. The number of halogens is 4. The van der Waals surface area contributed by atoms with Gasteiger partial charge < -0.3 is 10.2 Å². The Morgan fingerprint density at radius 1 is 1.17 bits per heavy atom. The highest BCUT2D eigenvalue weighted by molar-refractivity contribution is 5.92. The maximum Gasteiger partial charge on any atom is 0.266 e. The van der Waals surface area contributed by atoms with E-state index in [9.17, 15) is 17.6 Å². The van der Waals surface area contributed by atoms with Gasteiger partial charge >= 0.3 is 0 Å². The van der Waals surface area contributed by atoms with Crippen molar-refractivity contribution in [2.45, 2.75) is 38.9 Å². The third-order valence-electron chi connectivity index (χ3n) is 5.29. The van der Waals surface area contributed by atoms with Crippen molar-refractivity contribution < 1.29 is 17.6 Å². The van der Waals surface area contributed by atoms with E-state index in [1.807, 2.05) is 11.0 Å². The number of rotatable bonds is 5. The molecule has 1 atom stereocenters. The number of aryl methyl sites for hydroxylation is 1. The Bertz CT molecular complexity index is 1090. The molecule has 1 aromatic carbocycles. The number of anilines is 2. The van der Waals surface area contributed by atoms with E-state index in [-0.39, 0.29) is 18.7 Å². The minimum Gasteiger partial charge on any atom is -0.364 e. The maximum absolute atomic E-state index is 14.5. The zero-order valence-corrected chi connectivity index (χ0v) is 16.8. The molecular weight excluding hydrogens is 398 g/mol. The van der Waals surface area contributed by atoms with Gasteiger partial charge in [-0.2, -0.15) is 5.10 Å². The molecule has 0 saturated carbocycles. The molecule has 0 amide bonds. The van der Waals surface area contributed by atoms with E-state index in [2.05, 4.69) is 20.5 Å². The molecule has 4 rings (SSSR count). The van der Waals surface area contributed by atoms with Crippen molar-refractivity contribution in [3.63, 3.8) is 0 Å². The summed E-state index contributed by atoms with van der Waals surface area (Å²) in [7, 11) is 0. The van der Waals surface area contributed by atoms with Crippen LogP contribution in [0.25, 0.3) is 10.9 Å². The van der Waals surface area contributed by atoms with Gasteiger partial charge in [0.1, 0.15) is 11.5 Å². The van der Waals surface area contributed by atoms with Crippen molar-refractivity contribution in [3.8, 4) is 0 Å². The number of nitrogens with one attached hydrogen (secondary N) is 1. The van der Waals surface area contributed by atoms with Crippen molar-refractivity contribution in [3.05, 3.63) is 53.1 Å². The van der Waals surface area contributed by atoms with Crippen molar-refractivity contribution >= 4 is 22.4 Å². The van der Waals surface area contributed by atoms with Crippen molar-refractivity contribution in [2.24, 2.45) is 0 Å². The summed E-state index contributed by atoms with van der Waals surface area (Å²) in [5.74, 6) is -0.596. The number of nitrogens with zero attached hydrogens (tertiary/aromatic N) is 4. The minimum absolute atomic E-state index is 0.100. The lowest BCUT2D eigenvalue weighted by Crippen LogP contribution is -2.57. The molecule has 3 heterocycles. The molecular formula is C21H21F4N5. The summed E-state index contributed by atoms with van der Waals surface area (Å²) in [4.78, 5) is 6.31. The van der Waals surface area contributed by atoms with Crippen LogP contribution < -0.4 is 10.2 Å². The summed E-state index contributed by atoms with van der Waals surface area (Å²) >= 11 is 0. The molecule has 0 unspecified atom stereocenters. The molecule has 2 aromatic heterocycles. The summed E-state index contributed by atoms with van der Waals surface area (Å²) in [6, 6.07) is 5.10. The summed E-state index contributed by atoms with van der Waals surface area (Å²) < 4.78 is 54.5. The van der Waals surface area contributed by atoms with E-state index < -0.39 is 29.5 Å². The van der Waals surface area contributed by atoms with Gasteiger partial charge in [-0.25, -0.2) is 17.6 Å². The number of fused-ring (bicyclic) bond motifs is 1. The molecule has 0 aliphatic carbocycles.